The van der Waals surface area contributed by atoms with E-state index in [1.54, 1.807) is 11.3 Å². The summed E-state index contributed by atoms with van der Waals surface area (Å²) >= 11 is 1.73. The van der Waals surface area contributed by atoms with Crippen molar-refractivity contribution in [1.82, 2.24) is 19.5 Å². The molecule has 5 nitrogen and oxygen atoms in total. The zero-order valence-electron chi connectivity index (χ0n) is 13.0. The number of imidazole rings is 1. The quantitative estimate of drug-likeness (QED) is 0.611. The molecule has 1 unspecified atom stereocenters. The zero-order chi connectivity index (χ0) is 16.0. The summed E-state index contributed by atoms with van der Waals surface area (Å²) in [5.74, 6) is 1.34. The molecule has 0 saturated carbocycles. The van der Waals surface area contributed by atoms with E-state index in [1.165, 1.54) is 16.4 Å². The molecule has 23 heavy (non-hydrogen) atoms. The van der Waals surface area contributed by atoms with Crippen molar-refractivity contribution in [3.05, 3.63) is 36.0 Å². The Bertz CT molecular complexity index is 1000. The lowest BCUT2D eigenvalue weighted by molar-refractivity contribution is 0.546. The number of rotatable bonds is 3. The number of benzene rings is 1. The number of aromatic nitrogens is 4. The van der Waals surface area contributed by atoms with E-state index in [4.69, 9.17) is 10.7 Å². The lowest BCUT2D eigenvalue weighted by Gasteiger charge is -2.14. The largest absolute Gasteiger partial charge is 0.382 e. The van der Waals surface area contributed by atoms with E-state index in [0.717, 1.165) is 23.5 Å². The van der Waals surface area contributed by atoms with Crippen molar-refractivity contribution in [2.24, 2.45) is 0 Å². The first kappa shape index (κ1) is 14.1. The van der Waals surface area contributed by atoms with E-state index >= 15 is 0 Å². The van der Waals surface area contributed by atoms with Crippen molar-refractivity contribution in [3.63, 3.8) is 0 Å². The molecule has 0 fully saturated rings. The van der Waals surface area contributed by atoms with Gasteiger partial charge in [-0.05, 0) is 19.4 Å². The molecular formula is C17H17N5S. The highest BCUT2D eigenvalue weighted by Crippen LogP contribution is 2.37. The van der Waals surface area contributed by atoms with Crippen LogP contribution < -0.4 is 5.73 Å². The van der Waals surface area contributed by atoms with Crippen molar-refractivity contribution < 1.29 is 0 Å². The first-order chi connectivity index (χ1) is 11.2. The van der Waals surface area contributed by atoms with Gasteiger partial charge in [0.15, 0.2) is 17.0 Å². The third kappa shape index (κ3) is 2.09. The van der Waals surface area contributed by atoms with Crippen LogP contribution in [0.4, 0.5) is 5.82 Å². The van der Waals surface area contributed by atoms with Crippen LogP contribution in [0.15, 0.2) is 36.0 Å². The van der Waals surface area contributed by atoms with Crippen LogP contribution >= 0.6 is 11.3 Å². The second kappa shape index (κ2) is 5.31. The lowest BCUT2D eigenvalue weighted by Crippen LogP contribution is -2.06. The van der Waals surface area contributed by atoms with E-state index in [1.807, 2.05) is 0 Å². The SMILES string of the molecule is CCC(C)n1c(-c2csc3ccccc23)nc2c(N)ncnc21. The normalized spacial score (nSPS) is 13.0. The van der Waals surface area contributed by atoms with E-state index in [-0.39, 0.29) is 6.04 Å². The number of nitrogens with two attached hydrogens (primary N) is 1. The van der Waals surface area contributed by atoms with E-state index < -0.39 is 0 Å². The molecule has 4 rings (SSSR count). The van der Waals surface area contributed by atoms with Gasteiger partial charge in [0.25, 0.3) is 0 Å². The first-order valence-corrected chi connectivity index (χ1v) is 8.53. The summed E-state index contributed by atoms with van der Waals surface area (Å²) in [7, 11) is 0. The van der Waals surface area contributed by atoms with Crippen LogP contribution in [0.5, 0.6) is 0 Å². The number of hydrogen-bond donors (Lipinski definition) is 1. The number of anilines is 1. The van der Waals surface area contributed by atoms with Crippen LogP contribution in [0.1, 0.15) is 26.3 Å². The van der Waals surface area contributed by atoms with Gasteiger partial charge in [0, 0.05) is 27.1 Å². The Morgan fingerprint density at radius 2 is 2.09 bits per heavy atom. The standard InChI is InChI=1S/C17H17N5S/c1-3-10(2)22-16(21-14-15(18)19-9-20-17(14)22)12-8-23-13-7-5-4-6-11(12)13/h4-10H,3H2,1-2H3,(H2,18,19,20). The molecule has 3 aromatic heterocycles. The number of nitrogens with zero attached hydrogens (tertiary/aromatic N) is 4. The van der Waals surface area contributed by atoms with Crippen molar-refractivity contribution >= 4 is 38.4 Å². The third-order valence-electron chi connectivity index (χ3n) is 4.26. The van der Waals surface area contributed by atoms with Crippen molar-refractivity contribution in [3.8, 4) is 11.4 Å². The average Bonchev–Trinajstić information content (AvgIpc) is 3.16. The van der Waals surface area contributed by atoms with Crippen LogP contribution in [0.2, 0.25) is 0 Å². The average molecular weight is 323 g/mol. The molecule has 4 aromatic rings. The molecule has 1 atom stereocenters. The van der Waals surface area contributed by atoms with E-state index in [0.29, 0.717) is 11.3 Å². The highest BCUT2D eigenvalue weighted by Gasteiger charge is 2.21. The number of fused-ring (bicyclic) bond motifs is 2. The molecule has 0 aliphatic carbocycles. The molecule has 1 aromatic carbocycles. The molecule has 0 amide bonds. The van der Waals surface area contributed by atoms with Crippen molar-refractivity contribution in [1.29, 1.82) is 0 Å². The summed E-state index contributed by atoms with van der Waals surface area (Å²) in [6, 6.07) is 8.67. The van der Waals surface area contributed by atoms with Gasteiger partial charge >= 0.3 is 0 Å². The van der Waals surface area contributed by atoms with Gasteiger partial charge in [0.2, 0.25) is 0 Å². The van der Waals surface area contributed by atoms with Gasteiger partial charge in [-0.3, -0.25) is 0 Å². The molecule has 116 valence electrons. The molecule has 0 aliphatic heterocycles. The van der Waals surface area contributed by atoms with Gasteiger partial charge in [0.1, 0.15) is 12.2 Å². The Morgan fingerprint density at radius 3 is 2.91 bits per heavy atom. The molecule has 6 heteroatoms. The molecule has 0 aliphatic rings. The second-order valence-electron chi connectivity index (χ2n) is 5.64. The van der Waals surface area contributed by atoms with Gasteiger partial charge in [-0.2, -0.15) is 0 Å². The maximum atomic E-state index is 6.02. The Balaban J connectivity index is 2.08. The third-order valence-corrected chi connectivity index (χ3v) is 5.22. The van der Waals surface area contributed by atoms with E-state index in [2.05, 4.69) is 58.0 Å². The van der Waals surface area contributed by atoms with Crippen LogP contribution in [-0.2, 0) is 0 Å². The summed E-state index contributed by atoms with van der Waals surface area (Å²) in [6.45, 7) is 4.34. The smallest absolute Gasteiger partial charge is 0.166 e. The Morgan fingerprint density at radius 1 is 1.26 bits per heavy atom. The van der Waals surface area contributed by atoms with Crippen molar-refractivity contribution in [2.75, 3.05) is 5.73 Å². The van der Waals surface area contributed by atoms with Crippen LogP contribution in [0.25, 0.3) is 32.6 Å². The summed E-state index contributed by atoms with van der Waals surface area (Å²) < 4.78 is 3.44. The Hall–Kier alpha value is -2.47. The molecule has 0 bridgehead atoms. The number of nitrogen functional groups attached to an aromatic ring is 1. The highest BCUT2D eigenvalue weighted by atomic mass is 32.1. The van der Waals surface area contributed by atoms with Crippen LogP contribution in [0, 0.1) is 0 Å². The summed E-state index contributed by atoms with van der Waals surface area (Å²) in [6.07, 6.45) is 2.50. The van der Waals surface area contributed by atoms with Gasteiger partial charge in [-0.1, -0.05) is 25.1 Å². The molecule has 0 radical (unpaired) electrons. The fourth-order valence-electron chi connectivity index (χ4n) is 2.87. The fraction of sp³-hybridized carbons (Fsp3) is 0.235. The topological polar surface area (TPSA) is 69.6 Å². The fourth-order valence-corrected chi connectivity index (χ4v) is 3.81. The second-order valence-corrected chi connectivity index (χ2v) is 6.55. The molecule has 0 saturated heterocycles. The number of thiophene rings is 1. The van der Waals surface area contributed by atoms with Gasteiger partial charge < -0.3 is 10.3 Å². The molecular weight excluding hydrogens is 306 g/mol. The molecule has 3 heterocycles. The molecule has 2 N–H and O–H groups in total. The first-order valence-electron chi connectivity index (χ1n) is 7.65. The monoisotopic (exact) mass is 323 g/mol. The van der Waals surface area contributed by atoms with Crippen molar-refractivity contribution in [2.45, 2.75) is 26.3 Å². The zero-order valence-corrected chi connectivity index (χ0v) is 13.8. The predicted octanol–water partition coefficient (Wildman–Crippen LogP) is 4.26. The minimum absolute atomic E-state index is 0.281. The Kier molecular flexibility index (Phi) is 3.27. The summed E-state index contributed by atoms with van der Waals surface area (Å²) in [5, 5.41) is 3.37. The minimum atomic E-state index is 0.281. The Labute approximate surface area is 137 Å². The lowest BCUT2D eigenvalue weighted by atomic mass is 10.1. The van der Waals surface area contributed by atoms with E-state index in [9.17, 15) is 0 Å². The predicted molar refractivity (Wildman–Crippen MR) is 95.6 cm³/mol. The maximum Gasteiger partial charge on any atom is 0.166 e. The number of hydrogen-bond acceptors (Lipinski definition) is 5. The van der Waals surface area contributed by atoms with Gasteiger partial charge in [0.05, 0.1) is 0 Å². The van der Waals surface area contributed by atoms with Gasteiger partial charge in [-0.15, -0.1) is 11.3 Å². The summed E-state index contributed by atoms with van der Waals surface area (Å²) in [5.41, 5.74) is 8.63. The minimum Gasteiger partial charge on any atom is -0.382 e. The molecule has 0 spiro atoms. The highest BCUT2D eigenvalue weighted by molar-refractivity contribution is 7.17. The van der Waals surface area contributed by atoms with Gasteiger partial charge in [-0.25, -0.2) is 15.0 Å². The van der Waals surface area contributed by atoms with Crippen LogP contribution in [0.3, 0.4) is 0 Å². The van der Waals surface area contributed by atoms with Crippen LogP contribution in [-0.4, -0.2) is 19.5 Å². The summed E-state index contributed by atoms with van der Waals surface area (Å²) in [4.78, 5) is 13.3. The maximum absolute atomic E-state index is 6.02.